The van der Waals surface area contributed by atoms with E-state index in [1.54, 1.807) is 0 Å². The maximum Gasteiger partial charge on any atom is 0.332 e. The molecule has 0 bridgehead atoms. The second kappa shape index (κ2) is 12.4. The summed E-state index contributed by atoms with van der Waals surface area (Å²) in [6.07, 6.45) is 2.06. The summed E-state index contributed by atoms with van der Waals surface area (Å²) in [5, 5.41) is 8.55. The second-order valence-corrected chi connectivity index (χ2v) is 17.7. The van der Waals surface area contributed by atoms with Gasteiger partial charge in [0, 0.05) is 60.1 Å². The van der Waals surface area contributed by atoms with Gasteiger partial charge in [0.1, 0.15) is 5.52 Å². The van der Waals surface area contributed by atoms with Crippen LogP contribution in [-0.2, 0) is 0 Å². The molecule has 6 heterocycles. The Morgan fingerprint density at radius 3 is 1.49 bits per heavy atom. The molecule has 63 heavy (non-hydrogen) atoms. The lowest BCUT2D eigenvalue weighted by atomic mass is 9.48. The van der Waals surface area contributed by atoms with Crippen molar-refractivity contribution in [2.24, 2.45) is 0 Å². The summed E-state index contributed by atoms with van der Waals surface area (Å²) in [6.45, 7) is 8.87. The first-order valence-corrected chi connectivity index (χ1v) is 21.9. The molecule has 0 spiro atoms. The molecular formula is C56H39BN6. The number of hydrogen-bond acceptors (Lipinski definition) is 2. The third-order valence-electron chi connectivity index (χ3n) is 13.9. The highest BCUT2D eigenvalue weighted by Gasteiger charge is 2.38. The molecule has 0 aliphatic carbocycles. The molecule has 1 aliphatic rings. The number of para-hydroxylation sites is 5. The van der Waals surface area contributed by atoms with E-state index in [2.05, 4.69) is 210 Å². The lowest BCUT2D eigenvalue weighted by molar-refractivity contribution is 1.01. The maximum atomic E-state index is 5.65. The lowest BCUT2D eigenvalue weighted by Crippen LogP contribution is -2.53. The van der Waals surface area contributed by atoms with Gasteiger partial charge in [-0.1, -0.05) is 114 Å². The predicted octanol–water partition coefficient (Wildman–Crippen LogP) is 12.1. The third-order valence-corrected chi connectivity index (χ3v) is 13.9. The van der Waals surface area contributed by atoms with E-state index in [4.69, 9.17) is 9.97 Å². The van der Waals surface area contributed by atoms with Crippen molar-refractivity contribution in [2.45, 2.75) is 27.7 Å². The average Bonchev–Trinajstić information content (AvgIpc) is 4.02. The van der Waals surface area contributed by atoms with E-state index in [1.807, 2.05) is 0 Å². The number of nitrogens with zero attached hydrogens (tertiary/aromatic N) is 6. The topological polar surface area (TPSA) is 45.5 Å². The van der Waals surface area contributed by atoms with Gasteiger partial charge in [-0.2, -0.15) is 0 Å². The number of aryl methyl sites for hydroxylation is 4. The van der Waals surface area contributed by atoms with E-state index in [0.29, 0.717) is 5.95 Å². The van der Waals surface area contributed by atoms with Crippen molar-refractivity contribution < 1.29 is 0 Å². The summed E-state index contributed by atoms with van der Waals surface area (Å²) in [6, 6.07) is 58.2. The van der Waals surface area contributed by atoms with Crippen molar-refractivity contribution in [1.29, 1.82) is 0 Å². The Kier molecular flexibility index (Phi) is 6.82. The van der Waals surface area contributed by atoms with Crippen molar-refractivity contribution in [3.05, 3.63) is 186 Å². The molecule has 8 aromatic carbocycles. The Morgan fingerprint density at radius 2 is 0.921 bits per heavy atom. The molecule has 13 aromatic rings. The molecule has 0 saturated heterocycles. The molecular weight excluding hydrogens is 767 g/mol. The zero-order chi connectivity index (χ0) is 41.8. The molecule has 0 unspecified atom stereocenters. The smallest absolute Gasteiger partial charge is 0.332 e. The molecule has 1 aliphatic heterocycles. The standard InChI is InChI=1S/C56H39BN6/c1-32-25-34(3)53-41(27-32)42-28-33(2)26-35(4)54(42)63(53)57-44-19-9-14-24-50(44)61-51-31-58-56(62-48-22-12-7-17-39(48)40-18-8-13-23-49(40)62)59-52(51)43-29-36(30-45(57)55(43)61)60-46-20-10-5-15-37(46)38-16-6-11-21-47(38)60/h5-31H,1-4H3. The summed E-state index contributed by atoms with van der Waals surface area (Å²) >= 11 is 0. The zero-order valence-corrected chi connectivity index (χ0v) is 35.3. The van der Waals surface area contributed by atoms with Gasteiger partial charge in [0.15, 0.2) is 0 Å². The van der Waals surface area contributed by atoms with E-state index < -0.39 is 0 Å². The van der Waals surface area contributed by atoms with Crippen LogP contribution in [0.15, 0.2) is 164 Å². The molecule has 0 fully saturated rings. The van der Waals surface area contributed by atoms with Crippen LogP contribution in [0.25, 0.3) is 105 Å². The van der Waals surface area contributed by atoms with Crippen molar-refractivity contribution in [2.75, 3.05) is 0 Å². The van der Waals surface area contributed by atoms with Crippen LogP contribution in [0.2, 0.25) is 0 Å². The fourth-order valence-corrected chi connectivity index (χ4v) is 11.7. The first kappa shape index (κ1) is 34.8. The minimum absolute atomic E-state index is 0.152. The summed E-state index contributed by atoms with van der Waals surface area (Å²) in [4.78, 5) is 10.9. The van der Waals surface area contributed by atoms with E-state index in [0.717, 1.165) is 44.3 Å². The van der Waals surface area contributed by atoms with Crippen LogP contribution >= 0.6 is 0 Å². The minimum atomic E-state index is -0.152. The van der Waals surface area contributed by atoms with Gasteiger partial charge in [-0.05, 0) is 104 Å². The van der Waals surface area contributed by atoms with Gasteiger partial charge in [-0.15, -0.1) is 0 Å². The maximum absolute atomic E-state index is 5.65. The van der Waals surface area contributed by atoms with E-state index in [1.165, 1.54) is 87.6 Å². The molecule has 7 heteroatoms. The van der Waals surface area contributed by atoms with Gasteiger partial charge in [-0.3, -0.25) is 4.57 Å². The Morgan fingerprint density at radius 1 is 0.413 bits per heavy atom. The number of fused-ring (bicyclic) bond motifs is 14. The van der Waals surface area contributed by atoms with E-state index >= 15 is 0 Å². The first-order valence-electron chi connectivity index (χ1n) is 21.9. The fourth-order valence-electron chi connectivity index (χ4n) is 11.7. The van der Waals surface area contributed by atoms with Gasteiger partial charge in [0.05, 0.1) is 39.3 Å². The van der Waals surface area contributed by atoms with Crippen LogP contribution in [-0.4, -0.2) is 35.0 Å². The van der Waals surface area contributed by atoms with Gasteiger partial charge >= 0.3 is 6.85 Å². The molecule has 296 valence electrons. The van der Waals surface area contributed by atoms with Gasteiger partial charge in [-0.25, -0.2) is 9.97 Å². The highest BCUT2D eigenvalue weighted by molar-refractivity contribution is 6.88. The molecule has 0 amide bonds. The number of rotatable bonds is 3. The molecule has 0 saturated carbocycles. The van der Waals surface area contributed by atoms with Gasteiger partial charge < -0.3 is 13.6 Å². The van der Waals surface area contributed by atoms with Crippen LogP contribution in [0.1, 0.15) is 22.3 Å². The third kappa shape index (κ3) is 4.53. The van der Waals surface area contributed by atoms with Crippen molar-refractivity contribution in [3.8, 4) is 17.3 Å². The molecule has 5 aromatic heterocycles. The Hall–Kier alpha value is -7.90. The Balaban J connectivity index is 1.18. The van der Waals surface area contributed by atoms with E-state index in [-0.39, 0.29) is 6.85 Å². The first-order chi connectivity index (χ1) is 30.9. The average molecular weight is 807 g/mol. The normalized spacial score (nSPS) is 12.7. The minimum Gasteiger partial charge on any atom is -0.375 e. The fraction of sp³-hybridized carbons (Fsp3) is 0.0714. The highest BCUT2D eigenvalue weighted by Crippen LogP contribution is 2.41. The number of hydrogen-bond donors (Lipinski definition) is 0. The zero-order valence-electron chi connectivity index (χ0n) is 35.3. The lowest BCUT2D eigenvalue weighted by Gasteiger charge is -2.29. The summed E-state index contributed by atoms with van der Waals surface area (Å²) in [5.41, 5.74) is 20.0. The summed E-state index contributed by atoms with van der Waals surface area (Å²) in [5.74, 6) is 0.659. The Bertz CT molecular complexity index is 3990. The van der Waals surface area contributed by atoms with Gasteiger partial charge in [0.25, 0.3) is 0 Å². The SMILES string of the molecule is Cc1cc(C)c2c(c1)c1cc(C)cc(C)c1n2B1c2ccccc2-n2c3cnc(-n4c5ccccc5c5ccccc54)nc3c3cc(-n4c5ccccc5c5ccccc54)cc1c32. The molecule has 14 rings (SSSR count). The Labute approximate surface area is 363 Å². The summed E-state index contributed by atoms with van der Waals surface area (Å²) in [7, 11) is 0. The second-order valence-electron chi connectivity index (χ2n) is 17.7. The van der Waals surface area contributed by atoms with Crippen LogP contribution in [0.3, 0.4) is 0 Å². The molecule has 0 atom stereocenters. The largest absolute Gasteiger partial charge is 0.375 e. The number of benzene rings is 8. The highest BCUT2D eigenvalue weighted by atomic mass is 15.2. The van der Waals surface area contributed by atoms with Crippen molar-refractivity contribution in [1.82, 2.24) is 28.1 Å². The van der Waals surface area contributed by atoms with Crippen LogP contribution in [0, 0.1) is 27.7 Å². The predicted molar refractivity (Wildman–Crippen MR) is 264 cm³/mol. The van der Waals surface area contributed by atoms with Crippen LogP contribution in [0.4, 0.5) is 0 Å². The van der Waals surface area contributed by atoms with Crippen LogP contribution < -0.4 is 10.9 Å². The van der Waals surface area contributed by atoms with Crippen molar-refractivity contribution >= 4 is 105 Å². The monoisotopic (exact) mass is 806 g/mol. The van der Waals surface area contributed by atoms with E-state index in [9.17, 15) is 0 Å². The summed E-state index contributed by atoms with van der Waals surface area (Å²) < 4.78 is 9.81. The van der Waals surface area contributed by atoms with Crippen LogP contribution in [0.5, 0.6) is 0 Å². The molecule has 0 radical (unpaired) electrons. The van der Waals surface area contributed by atoms with Crippen molar-refractivity contribution in [3.63, 3.8) is 0 Å². The molecule has 0 N–H and O–H groups in total. The number of aromatic nitrogens is 6. The molecule has 6 nitrogen and oxygen atoms in total. The quantitative estimate of drug-likeness (QED) is 0.167. The van der Waals surface area contributed by atoms with Gasteiger partial charge in [0.2, 0.25) is 5.95 Å².